The quantitative estimate of drug-likeness (QED) is 0.507. The van der Waals surface area contributed by atoms with Crippen molar-refractivity contribution in [3.63, 3.8) is 0 Å². The van der Waals surface area contributed by atoms with Crippen LogP contribution in [0.5, 0.6) is 0 Å². The third-order valence-electron chi connectivity index (χ3n) is 5.83. The van der Waals surface area contributed by atoms with Gasteiger partial charge in [-0.05, 0) is 30.7 Å². The van der Waals surface area contributed by atoms with Crippen molar-refractivity contribution in [2.45, 2.75) is 17.7 Å². The second kappa shape index (κ2) is 9.40. The van der Waals surface area contributed by atoms with Crippen molar-refractivity contribution >= 4 is 32.8 Å². The molecule has 0 N–H and O–H groups in total. The molecule has 3 heterocycles. The van der Waals surface area contributed by atoms with E-state index in [9.17, 15) is 17.6 Å². The molecule has 1 amide bonds. The monoisotopic (exact) mass is 475 g/mol. The molecule has 1 aromatic carbocycles. The van der Waals surface area contributed by atoms with Crippen LogP contribution in [-0.2, 0) is 21.9 Å². The van der Waals surface area contributed by atoms with Crippen LogP contribution >= 0.6 is 0 Å². The van der Waals surface area contributed by atoms with Gasteiger partial charge in [0.05, 0.1) is 16.5 Å². The van der Waals surface area contributed by atoms with Crippen molar-refractivity contribution in [1.29, 1.82) is 0 Å². The summed E-state index contributed by atoms with van der Waals surface area (Å²) in [5.74, 6) is 0.316. The normalized spacial score (nSPS) is 14.9. The van der Waals surface area contributed by atoms with Crippen molar-refractivity contribution in [2.75, 3.05) is 44.7 Å². The molecule has 12 heteroatoms. The molecule has 0 saturated carbocycles. The molecule has 0 atom stereocenters. The van der Waals surface area contributed by atoms with Crippen LogP contribution in [0.4, 0.5) is 10.2 Å². The number of aryl methyl sites for hydroxylation is 1. The molecule has 0 bridgehead atoms. The first-order valence-electron chi connectivity index (χ1n) is 10.6. The number of piperazine rings is 1. The summed E-state index contributed by atoms with van der Waals surface area (Å²) in [6.07, 6.45) is 3.92. The fraction of sp³-hybridized carbons (Fsp3) is 0.429. The molecule has 10 nitrogen and oxygen atoms in total. The Labute approximate surface area is 191 Å². The maximum absolute atomic E-state index is 13.1. The Hall–Kier alpha value is -3.12. The average Bonchev–Trinajstić information content (AvgIpc) is 3.20. The van der Waals surface area contributed by atoms with E-state index in [2.05, 4.69) is 20.0 Å². The predicted molar refractivity (Wildman–Crippen MR) is 121 cm³/mol. The number of hydrogen-bond donors (Lipinski definition) is 0. The number of sulfonamides is 1. The van der Waals surface area contributed by atoms with Gasteiger partial charge in [-0.2, -0.15) is 5.10 Å². The first-order chi connectivity index (χ1) is 15.8. The number of fused-ring (bicyclic) bond motifs is 1. The third kappa shape index (κ3) is 4.81. The first kappa shape index (κ1) is 23.1. The standard InChI is InChI=1S/C21H26FN7O3S/c1-26(33(31,32)17-7-5-16(22)6-8-17)9-3-4-19(30)28-10-12-29(13-11-28)21-18-14-25-27(2)20(18)23-15-24-21/h5-8,14-15H,3-4,9-13H2,1-2H3. The largest absolute Gasteiger partial charge is 0.352 e. The van der Waals surface area contributed by atoms with Crippen molar-refractivity contribution in [3.05, 3.63) is 42.6 Å². The number of carbonyl (C=O) groups is 1. The van der Waals surface area contributed by atoms with Gasteiger partial charge in [0.2, 0.25) is 15.9 Å². The Kier molecular flexibility index (Phi) is 6.56. The van der Waals surface area contributed by atoms with Crippen molar-refractivity contribution in [1.82, 2.24) is 29.0 Å². The van der Waals surface area contributed by atoms with Crippen molar-refractivity contribution < 1.29 is 17.6 Å². The minimum atomic E-state index is -3.72. The summed E-state index contributed by atoms with van der Waals surface area (Å²) < 4.78 is 41.1. The summed E-state index contributed by atoms with van der Waals surface area (Å²) in [7, 11) is -0.424. The van der Waals surface area contributed by atoms with E-state index in [-0.39, 0.29) is 23.8 Å². The van der Waals surface area contributed by atoms with Crippen LogP contribution < -0.4 is 4.90 Å². The second-order valence-corrected chi connectivity index (χ2v) is 10.00. The molecule has 0 spiro atoms. The Morgan fingerprint density at radius 3 is 2.52 bits per heavy atom. The molecule has 4 rings (SSSR count). The van der Waals surface area contributed by atoms with Crippen LogP contribution in [0.25, 0.3) is 11.0 Å². The Balaban J connectivity index is 1.27. The van der Waals surface area contributed by atoms with E-state index in [0.29, 0.717) is 32.6 Å². The zero-order valence-corrected chi connectivity index (χ0v) is 19.4. The zero-order valence-electron chi connectivity index (χ0n) is 18.6. The van der Waals surface area contributed by atoms with Gasteiger partial charge in [-0.15, -0.1) is 0 Å². The van der Waals surface area contributed by atoms with Crippen molar-refractivity contribution in [2.24, 2.45) is 7.05 Å². The van der Waals surface area contributed by atoms with Crippen LogP contribution in [0.15, 0.2) is 41.7 Å². The van der Waals surface area contributed by atoms with Crippen LogP contribution in [0.3, 0.4) is 0 Å². The number of rotatable bonds is 7. The van der Waals surface area contributed by atoms with Gasteiger partial charge in [0.15, 0.2) is 5.65 Å². The van der Waals surface area contributed by atoms with Gasteiger partial charge in [0.25, 0.3) is 0 Å². The predicted octanol–water partition coefficient (Wildman–Crippen LogP) is 1.25. The number of anilines is 1. The molecule has 0 aliphatic carbocycles. The molecule has 3 aromatic rings. The topological polar surface area (TPSA) is 105 Å². The van der Waals surface area contributed by atoms with Crippen LogP contribution in [0, 0.1) is 5.82 Å². The smallest absolute Gasteiger partial charge is 0.242 e. The molecule has 2 aromatic heterocycles. The fourth-order valence-corrected chi connectivity index (χ4v) is 5.10. The molecule has 0 radical (unpaired) electrons. The molecule has 1 aliphatic rings. The second-order valence-electron chi connectivity index (χ2n) is 7.95. The van der Waals surface area contributed by atoms with Gasteiger partial charge in [-0.1, -0.05) is 0 Å². The van der Waals surface area contributed by atoms with E-state index in [4.69, 9.17) is 0 Å². The van der Waals surface area contributed by atoms with E-state index < -0.39 is 15.8 Å². The first-order valence-corrected chi connectivity index (χ1v) is 12.1. The maximum Gasteiger partial charge on any atom is 0.242 e. The van der Waals surface area contributed by atoms with E-state index in [0.717, 1.165) is 29.0 Å². The van der Waals surface area contributed by atoms with Crippen LogP contribution in [0.2, 0.25) is 0 Å². The highest BCUT2D eigenvalue weighted by atomic mass is 32.2. The van der Waals surface area contributed by atoms with E-state index in [1.54, 1.807) is 15.8 Å². The summed E-state index contributed by atoms with van der Waals surface area (Å²) in [4.78, 5) is 25.3. The minimum Gasteiger partial charge on any atom is -0.352 e. The molecule has 176 valence electrons. The molecular formula is C21H26FN7O3S. The van der Waals surface area contributed by atoms with E-state index in [1.807, 2.05) is 7.05 Å². The lowest BCUT2D eigenvalue weighted by Gasteiger charge is -2.35. The Bertz CT molecular complexity index is 1240. The number of nitrogens with zero attached hydrogens (tertiary/aromatic N) is 7. The number of halogens is 1. The summed E-state index contributed by atoms with van der Waals surface area (Å²) in [6.45, 7) is 2.62. The van der Waals surface area contributed by atoms with Crippen molar-refractivity contribution in [3.8, 4) is 0 Å². The average molecular weight is 476 g/mol. The van der Waals surface area contributed by atoms with Crippen LogP contribution in [-0.4, -0.2) is 83.0 Å². The summed E-state index contributed by atoms with van der Waals surface area (Å²) in [5.41, 5.74) is 0.762. The van der Waals surface area contributed by atoms with Gasteiger partial charge in [0, 0.05) is 53.2 Å². The molecule has 0 unspecified atom stereocenters. The van der Waals surface area contributed by atoms with E-state index >= 15 is 0 Å². The highest BCUT2D eigenvalue weighted by Gasteiger charge is 2.25. The number of benzene rings is 1. The molecule has 1 aliphatic heterocycles. The van der Waals surface area contributed by atoms with Gasteiger partial charge < -0.3 is 9.80 Å². The van der Waals surface area contributed by atoms with E-state index in [1.165, 1.54) is 29.8 Å². The Morgan fingerprint density at radius 2 is 1.82 bits per heavy atom. The third-order valence-corrected chi connectivity index (χ3v) is 7.70. The van der Waals surface area contributed by atoms with Gasteiger partial charge in [-0.25, -0.2) is 27.1 Å². The van der Waals surface area contributed by atoms with Crippen LogP contribution in [0.1, 0.15) is 12.8 Å². The summed E-state index contributed by atoms with van der Waals surface area (Å²) >= 11 is 0. The molecule has 1 saturated heterocycles. The van der Waals surface area contributed by atoms with Gasteiger partial charge in [-0.3, -0.25) is 9.48 Å². The number of amides is 1. The molecular weight excluding hydrogens is 449 g/mol. The lowest BCUT2D eigenvalue weighted by Crippen LogP contribution is -2.49. The Morgan fingerprint density at radius 1 is 1.12 bits per heavy atom. The number of hydrogen-bond acceptors (Lipinski definition) is 7. The van der Waals surface area contributed by atoms with Gasteiger partial charge >= 0.3 is 0 Å². The highest BCUT2D eigenvalue weighted by Crippen LogP contribution is 2.23. The minimum absolute atomic E-state index is 0.00329. The van der Waals surface area contributed by atoms with Gasteiger partial charge in [0.1, 0.15) is 18.0 Å². The lowest BCUT2D eigenvalue weighted by atomic mass is 10.2. The summed E-state index contributed by atoms with van der Waals surface area (Å²) in [5, 5.41) is 5.12. The maximum atomic E-state index is 13.1. The number of carbonyl (C=O) groups excluding carboxylic acids is 1. The summed E-state index contributed by atoms with van der Waals surface area (Å²) in [6, 6.07) is 4.71. The molecule has 1 fully saturated rings. The highest BCUT2D eigenvalue weighted by molar-refractivity contribution is 7.89. The molecule has 33 heavy (non-hydrogen) atoms. The SMILES string of the molecule is CN(CCCC(=O)N1CCN(c2ncnc3c2cnn3C)CC1)S(=O)(=O)c1ccc(F)cc1. The fourth-order valence-electron chi connectivity index (χ4n) is 3.89. The lowest BCUT2D eigenvalue weighted by molar-refractivity contribution is -0.131. The number of aromatic nitrogens is 4. The zero-order chi connectivity index (χ0) is 23.6.